The van der Waals surface area contributed by atoms with E-state index in [4.69, 9.17) is 11.6 Å². The first-order valence-electron chi connectivity index (χ1n) is 6.37. The number of pyridine rings is 1. The highest BCUT2D eigenvalue weighted by molar-refractivity contribution is 6.31. The third kappa shape index (κ3) is 3.36. The molecule has 6 heteroatoms. The molecule has 0 aromatic carbocycles. The van der Waals surface area contributed by atoms with Crippen molar-refractivity contribution in [1.29, 1.82) is 0 Å². The van der Waals surface area contributed by atoms with Crippen LogP contribution in [-0.4, -0.2) is 59.4 Å². The highest BCUT2D eigenvalue weighted by atomic mass is 35.5. The molecule has 0 aliphatic carbocycles. The maximum Gasteiger partial charge on any atom is 0.129 e. The lowest BCUT2D eigenvalue weighted by atomic mass is 10.2. The minimum Gasteiger partial charge on any atom is -0.391 e. The topological polar surface area (TPSA) is 59.8 Å². The van der Waals surface area contributed by atoms with Gasteiger partial charge in [0.2, 0.25) is 0 Å². The lowest BCUT2D eigenvalue weighted by molar-refractivity contribution is 0.191. The third-order valence-corrected chi connectivity index (χ3v) is 3.66. The van der Waals surface area contributed by atoms with Crippen molar-refractivity contribution in [2.24, 2.45) is 0 Å². The average molecular weight is 286 g/mol. The van der Waals surface area contributed by atoms with Crippen LogP contribution in [0, 0.1) is 0 Å². The molecule has 2 N–H and O–H groups in total. The van der Waals surface area contributed by atoms with Crippen LogP contribution in [0.1, 0.15) is 12.1 Å². The fourth-order valence-corrected chi connectivity index (χ4v) is 2.68. The summed E-state index contributed by atoms with van der Waals surface area (Å²) in [7, 11) is 4.02. The number of hydrogen-bond acceptors (Lipinski definition) is 5. The number of likely N-dealkylation sites (N-methyl/N-ethyl adjacent to an activating group) is 1. The van der Waals surface area contributed by atoms with Crippen LogP contribution < -0.4 is 4.90 Å². The van der Waals surface area contributed by atoms with Crippen LogP contribution in [0.3, 0.4) is 0 Å². The van der Waals surface area contributed by atoms with Crippen LogP contribution in [-0.2, 0) is 6.61 Å². The van der Waals surface area contributed by atoms with Crippen molar-refractivity contribution in [2.45, 2.75) is 25.2 Å². The maximum atomic E-state index is 9.86. The van der Waals surface area contributed by atoms with Gasteiger partial charge < -0.3 is 20.0 Å². The molecule has 0 radical (unpaired) electrons. The first-order valence-corrected chi connectivity index (χ1v) is 6.74. The minimum absolute atomic E-state index is 0.179. The van der Waals surface area contributed by atoms with Gasteiger partial charge in [0, 0.05) is 19.1 Å². The molecule has 2 rings (SSSR count). The molecule has 0 saturated carbocycles. The Bertz CT molecular complexity index is 442. The van der Waals surface area contributed by atoms with E-state index in [0.29, 0.717) is 17.3 Å². The molecule has 1 aliphatic heterocycles. The van der Waals surface area contributed by atoms with Gasteiger partial charge in [-0.05, 0) is 32.6 Å². The highest BCUT2D eigenvalue weighted by Crippen LogP contribution is 2.27. The largest absolute Gasteiger partial charge is 0.391 e. The Hall–Kier alpha value is -0.880. The third-order valence-electron chi connectivity index (χ3n) is 3.32. The molecule has 1 fully saturated rings. The molecule has 0 spiro atoms. The lowest BCUT2D eigenvalue weighted by Crippen LogP contribution is -2.38. The molecule has 0 amide bonds. The van der Waals surface area contributed by atoms with Gasteiger partial charge in [-0.25, -0.2) is 4.98 Å². The molecule has 2 unspecified atom stereocenters. The van der Waals surface area contributed by atoms with Gasteiger partial charge in [-0.2, -0.15) is 0 Å². The molecule has 2 atom stereocenters. The molecule has 106 valence electrons. The van der Waals surface area contributed by atoms with E-state index in [0.717, 1.165) is 18.8 Å². The highest BCUT2D eigenvalue weighted by Gasteiger charge is 2.32. The second-order valence-electron chi connectivity index (χ2n) is 5.21. The monoisotopic (exact) mass is 285 g/mol. The van der Waals surface area contributed by atoms with E-state index in [1.165, 1.54) is 0 Å². The SMILES string of the molecule is CN(C)CC1CC(O)CN1c1ccc(Cl)c(CO)n1. The number of anilines is 1. The molecule has 1 aliphatic rings. The van der Waals surface area contributed by atoms with Crippen LogP contribution in [0.5, 0.6) is 0 Å². The Morgan fingerprint density at radius 2 is 2.21 bits per heavy atom. The van der Waals surface area contributed by atoms with E-state index in [1.54, 1.807) is 6.07 Å². The van der Waals surface area contributed by atoms with Crippen LogP contribution >= 0.6 is 11.6 Å². The number of halogens is 1. The molecule has 1 aromatic heterocycles. The Morgan fingerprint density at radius 3 is 2.84 bits per heavy atom. The second-order valence-corrected chi connectivity index (χ2v) is 5.62. The van der Waals surface area contributed by atoms with Crippen molar-refractivity contribution in [2.75, 3.05) is 32.1 Å². The van der Waals surface area contributed by atoms with Crippen molar-refractivity contribution >= 4 is 17.4 Å². The van der Waals surface area contributed by atoms with Crippen molar-refractivity contribution in [1.82, 2.24) is 9.88 Å². The summed E-state index contributed by atoms with van der Waals surface area (Å²) in [5, 5.41) is 19.6. The minimum atomic E-state index is -0.333. The predicted molar refractivity (Wildman–Crippen MR) is 75.5 cm³/mol. The summed E-state index contributed by atoms with van der Waals surface area (Å²) < 4.78 is 0. The summed E-state index contributed by atoms with van der Waals surface area (Å²) in [5.74, 6) is 0.761. The molecule has 1 aromatic rings. The van der Waals surface area contributed by atoms with Crippen molar-refractivity contribution < 1.29 is 10.2 Å². The van der Waals surface area contributed by atoms with E-state index >= 15 is 0 Å². The predicted octanol–water partition coefficient (Wildman–Crippen LogP) is 0.729. The summed E-state index contributed by atoms with van der Waals surface area (Å²) in [6, 6.07) is 3.81. The lowest BCUT2D eigenvalue weighted by Gasteiger charge is -2.28. The van der Waals surface area contributed by atoms with Gasteiger partial charge in [-0.15, -0.1) is 0 Å². The van der Waals surface area contributed by atoms with Crippen molar-refractivity contribution in [3.63, 3.8) is 0 Å². The van der Waals surface area contributed by atoms with Crippen LogP contribution in [0.4, 0.5) is 5.82 Å². The number of aliphatic hydroxyl groups is 2. The summed E-state index contributed by atoms with van der Waals surface area (Å²) in [6.45, 7) is 1.25. The zero-order valence-corrected chi connectivity index (χ0v) is 12.0. The molecular formula is C13H20ClN3O2. The van der Waals surface area contributed by atoms with Crippen LogP contribution in [0.25, 0.3) is 0 Å². The van der Waals surface area contributed by atoms with Crippen molar-refractivity contribution in [3.8, 4) is 0 Å². The molecule has 2 heterocycles. The first kappa shape index (κ1) is 14.5. The molecule has 19 heavy (non-hydrogen) atoms. The fourth-order valence-electron chi connectivity index (χ4n) is 2.51. The van der Waals surface area contributed by atoms with E-state index in [-0.39, 0.29) is 18.8 Å². The Labute approximate surface area is 118 Å². The number of aromatic nitrogens is 1. The van der Waals surface area contributed by atoms with E-state index < -0.39 is 0 Å². The van der Waals surface area contributed by atoms with Crippen LogP contribution in [0.15, 0.2) is 12.1 Å². The number of nitrogens with zero attached hydrogens (tertiary/aromatic N) is 3. The zero-order valence-electron chi connectivity index (χ0n) is 11.3. The van der Waals surface area contributed by atoms with Gasteiger partial charge >= 0.3 is 0 Å². The Balaban J connectivity index is 2.23. The normalized spacial score (nSPS) is 23.4. The van der Waals surface area contributed by atoms with Crippen molar-refractivity contribution in [3.05, 3.63) is 22.8 Å². The summed E-state index contributed by atoms with van der Waals surface area (Å²) in [5.41, 5.74) is 0.476. The molecular weight excluding hydrogens is 266 g/mol. The summed E-state index contributed by atoms with van der Waals surface area (Å²) in [4.78, 5) is 8.56. The van der Waals surface area contributed by atoms with E-state index in [9.17, 15) is 10.2 Å². The Morgan fingerprint density at radius 1 is 1.47 bits per heavy atom. The number of hydrogen-bond donors (Lipinski definition) is 2. The molecule has 0 bridgehead atoms. The number of β-amino-alcohol motifs (C(OH)–C–C–N with tert-alkyl or cyclic N) is 1. The smallest absolute Gasteiger partial charge is 0.129 e. The molecule has 1 saturated heterocycles. The number of aliphatic hydroxyl groups excluding tert-OH is 2. The second kappa shape index (κ2) is 6.05. The van der Waals surface area contributed by atoms with Gasteiger partial charge in [-0.3, -0.25) is 0 Å². The first-order chi connectivity index (χ1) is 9.01. The van der Waals surface area contributed by atoms with Gasteiger partial charge in [0.1, 0.15) is 5.82 Å². The summed E-state index contributed by atoms with van der Waals surface area (Å²) >= 11 is 5.95. The van der Waals surface area contributed by atoms with E-state index in [2.05, 4.69) is 14.8 Å². The quantitative estimate of drug-likeness (QED) is 0.854. The Kier molecular flexibility index (Phi) is 4.62. The van der Waals surface area contributed by atoms with Gasteiger partial charge in [0.15, 0.2) is 0 Å². The van der Waals surface area contributed by atoms with Gasteiger partial charge in [0.25, 0.3) is 0 Å². The molecule has 5 nitrogen and oxygen atoms in total. The summed E-state index contributed by atoms with van der Waals surface area (Å²) in [6.07, 6.45) is 0.400. The standard InChI is InChI=1S/C13H20ClN3O2/c1-16(2)6-9-5-10(19)7-17(9)13-4-3-11(14)12(8-18)15-13/h3-4,9-10,18-19H,5-8H2,1-2H3. The van der Waals surface area contributed by atoms with Crippen LogP contribution in [0.2, 0.25) is 5.02 Å². The van der Waals surface area contributed by atoms with Gasteiger partial charge in [-0.1, -0.05) is 11.6 Å². The zero-order chi connectivity index (χ0) is 14.0. The maximum absolute atomic E-state index is 9.86. The fraction of sp³-hybridized carbons (Fsp3) is 0.615. The van der Waals surface area contributed by atoms with Gasteiger partial charge in [0.05, 0.1) is 23.4 Å². The number of rotatable bonds is 4. The average Bonchev–Trinajstić information content (AvgIpc) is 2.70. The van der Waals surface area contributed by atoms with E-state index in [1.807, 2.05) is 20.2 Å².